The topological polar surface area (TPSA) is 35.6 Å². The van der Waals surface area contributed by atoms with Crippen LogP contribution in [0.3, 0.4) is 0 Å². The van der Waals surface area contributed by atoms with E-state index in [9.17, 15) is 4.79 Å². The molecule has 0 bridgehead atoms. The molecule has 2 unspecified atom stereocenters. The highest BCUT2D eigenvalue weighted by atomic mass is 16.2. The summed E-state index contributed by atoms with van der Waals surface area (Å²) in [4.78, 5) is 17.8. The highest BCUT2D eigenvalue weighted by Gasteiger charge is 2.54. The predicted octanol–water partition coefficient (Wildman–Crippen LogP) is 2.20. The van der Waals surface area contributed by atoms with Gasteiger partial charge >= 0.3 is 0 Å². The molecule has 1 aliphatic carbocycles. The Labute approximate surface area is 129 Å². The molecule has 3 fully saturated rings. The summed E-state index contributed by atoms with van der Waals surface area (Å²) in [7, 11) is 0. The molecule has 0 radical (unpaired) electrons. The lowest BCUT2D eigenvalue weighted by molar-refractivity contribution is -0.135. The summed E-state index contributed by atoms with van der Waals surface area (Å²) in [5.74, 6) is 0.848. The van der Waals surface area contributed by atoms with Crippen LogP contribution in [-0.4, -0.2) is 53.1 Å². The smallest absolute Gasteiger partial charge is 0.244 e. The largest absolute Gasteiger partial charge is 0.321 e. The van der Waals surface area contributed by atoms with Gasteiger partial charge in [-0.05, 0) is 51.6 Å². The lowest BCUT2D eigenvalue weighted by atomic mass is 9.97. The molecular formula is C17H31N3O. The zero-order valence-electron chi connectivity index (χ0n) is 13.9. The lowest BCUT2D eigenvalue weighted by Crippen LogP contribution is -2.50. The van der Waals surface area contributed by atoms with Crippen molar-refractivity contribution in [3.63, 3.8) is 0 Å². The molecule has 3 rings (SSSR count). The van der Waals surface area contributed by atoms with Crippen LogP contribution in [0.25, 0.3) is 0 Å². The third-order valence-corrected chi connectivity index (χ3v) is 5.65. The van der Waals surface area contributed by atoms with Crippen molar-refractivity contribution in [1.82, 2.24) is 15.1 Å². The Morgan fingerprint density at radius 3 is 2.33 bits per heavy atom. The third kappa shape index (κ3) is 2.72. The van der Waals surface area contributed by atoms with Gasteiger partial charge in [-0.15, -0.1) is 0 Å². The summed E-state index contributed by atoms with van der Waals surface area (Å²) in [6.45, 7) is 10.1. The van der Waals surface area contributed by atoms with Crippen LogP contribution in [0.4, 0.5) is 0 Å². The molecule has 2 saturated heterocycles. The number of carbonyl (C=O) groups excluding carboxylic acids is 1. The fraction of sp³-hybridized carbons (Fsp3) is 0.941. The Morgan fingerprint density at radius 2 is 1.76 bits per heavy atom. The average Bonchev–Trinajstić information content (AvgIpc) is 3.13. The van der Waals surface area contributed by atoms with E-state index < -0.39 is 0 Å². The maximum atomic E-state index is 13.1. The van der Waals surface area contributed by atoms with Crippen molar-refractivity contribution in [1.29, 1.82) is 0 Å². The van der Waals surface area contributed by atoms with Gasteiger partial charge in [0.15, 0.2) is 0 Å². The molecule has 1 N–H and O–H groups in total. The molecule has 1 saturated carbocycles. The van der Waals surface area contributed by atoms with Gasteiger partial charge in [0.05, 0.1) is 11.7 Å². The molecule has 2 aliphatic heterocycles. The van der Waals surface area contributed by atoms with Crippen LogP contribution in [0, 0.1) is 5.92 Å². The summed E-state index contributed by atoms with van der Waals surface area (Å²) in [5, 5.41) is 3.73. The molecule has 4 nitrogen and oxygen atoms in total. The quantitative estimate of drug-likeness (QED) is 0.863. The average molecular weight is 293 g/mol. The second kappa shape index (κ2) is 5.88. The number of hydrogen-bond acceptors (Lipinski definition) is 3. The molecule has 120 valence electrons. The van der Waals surface area contributed by atoms with Gasteiger partial charge in [-0.1, -0.05) is 26.7 Å². The standard InChI is InChI=1S/C17H31N3O/c1-13(2)15-18-17(8-4-5-9-17)16(21)20(15)14(3)12-19-10-6-7-11-19/h13-15,18H,4-12H2,1-3H3. The van der Waals surface area contributed by atoms with E-state index in [0.717, 1.165) is 19.4 Å². The van der Waals surface area contributed by atoms with E-state index in [4.69, 9.17) is 0 Å². The van der Waals surface area contributed by atoms with Gasteiger partial charge in [0.2, 0.25) is 5.91 Å². The van der Waals surface area contributed by atoms with Crippen molar-refractivity contribution in [3.05, 3.63) is 0 Å². The molecule has 1 amide bonds. The van der Waals surface area contributed by atoms with Crippen LogP contribution in [0.15, 0.2) is 0 Å². The van der Waals surface area contributed by atoms with Crippen molar-refractivity contribution in [2.45, 2.75) is 77.0 Å². The first-order valence-electron chi connectivity index (χ1n) is 8.86. The van der Waals surface area contributed by atoms with Gasteiger partial charge in [0.1, 0.15) is 0 Å². The second-order valence-corrected chi connectivity index (χ2v) is 7.69. The number of likely N-dealkylation sites (tertiary alicyclic amines) is 1. The van der Waals surface area contributed by atoms with Crippen molar-refractivity contribution in [3.8, 4) is 0 Å². The first-order chi connectivity index (χ1) is 10.0. The Bertz CT molecular complexity index is 383. The molecule has 4 heteroatoms. The van der Waals surface area contributed by atoms with Crippen molar-refractivity contribution < 1.29 is 4.79 Å². The Balaban J connectivity index is 1.75. The maximum absolute atomic E-state index is 13.1. The van der Waals surface area contributed by atoms with E-state index in [0.29, 0.717) is 17.9 Å². The van der Waals surface area contributed by atoms with Gasteiger partial charge in [-0.25, -0.2) is 0 Å². The number of nitrogens with zero attached hydrogens (tertiary/aromatic N) is 2. The number of hydrogen-bond donors (Lipinski definition) is 1. The predicted molar refractivity (Wildman–Crippen MR) is 84.9 cm³/mol. The number of carbonyl (C=O) groups is 1. The molecule has 2 atom stereocenters. The molecule has 1 spiro atoms. The minimum Gasteiger partial charge on any atom is -0.321 e. The van der Waals surface area contributed by atoms with E-state index >= 15 is 0 Å². The zero-order valence-corrected chi connectivity index (χ0v) is 13.9. The fourth-order valence-electron chi connectivity index (χ4n) is 4.51. The van der Waals surface area contributed by atoms with E-state index in [1.54, 1.807) is 0 Å². The van der Waals surface area contributed by atoms with Crippen LogP contribution in [0.1, 0.15) is 59.3 Å². The summed E-state index contributed by atoms with van der Waals surface area (Å²) in [5.41, 5.74) is -0.228. The molecule has 0 aromatic heterocycles. The molecule has 0 aromatic rings. The van der Waals surface area contributed by atoms with Crippen molar-refractivity contribution >= 4 is 5.91 Å². The van der Waals surface area contributed by atoms with Gasteiger partial charge in [-0.2, -0.15) is 0 Å². The van der Waals surface area contributed by atoms with Crippen LogP contribution in [-0.2, 0) is 4.79 Å². The SMILES string of the molecule is CC(C)C1NC2(CCCC2)C(=O)N1C(C)CN1CCCC1. The lowest BCUT2D eigenvalue weighted by Gasteiger charge is -2.34. The molecular weight excluding hydrogens is 262 g/mol. The monoisotopic (exact) mass is 293 g/mol. The Morgan fingerprint density at radius 1 is 1.14 bits per heavy atom. The highest BCUT2D eigenvalue weighted by Crippen LogP contribution is 2.38. The van der Waals surface area contributed by atoms with E-state index in [2.05, 4.69) is 35.9 Å². The first-order valence-corrected chi connectivity index (χ1v) is 8.86. The number of nitrogens with one attached hydrogen (secondary N) is 1. The Hall–Kier alpha value is -0.610. The minimum atomic E-state index is -0.228. The summed E-state index contributed by atoms with van der Waals surface area (Å²) in [6, 6.07) is 0.315. The normalized spacial score (nSPS) is 31.0. The van der Waals surface area contributed by atoms with Crippen LogP contribution >= 0.6 is 0 Å². The molecule has 0 aromatic carbocycles. The highest BCUT2D eigenvalue weighted by molar-refractivity contribution is 5.89. The van der Waals surface area contributed by atoms with Gasteiger partial charge in [0.25, 0.3) is 0 Å². The van der Waals surface area contributed by atoms with Crippen LogP contribution < -0.4 is 5.32 Å². The van der Waals surface area contributed by atoms with Gasteiger partial charge in [-0.3, -0.25) is 10.1 Å². The number of rotatable bonds is 4. The fourth-order valence-corrected chi connectivity index (χ4v) is 4.51. The molecule has 2 heterocycles. The first kappa shape index (κ1) is 15.3. The molecule has 21 heavy (non-hydrogen) atoms. The van der Waals surface area contributed by atoms with E-state index in [1.807, 2.05) is 0 Å². The third-order valence-electron chi connectivity index (χ3n) is 5.65. The van der Waals surface area contributed by atoms with Gasteiger partial charge in [0, 0.05) is 12.6 Å². The van der Waals surface area contributed by atoms with E-state index in [1.165, 1.54) is 38.8 Å². The maximum Gasteiger partial charge on any atom is 0.244 e. The minimum absolute atomic E-state index is 0.216. The van der Waals surface area contributed by atoms with Crippen molar-refractivity contribution in [2.24, 2.45) is 5.92 Å². The van der Waals surface area contributed by atoms with Crippen LogP contribution in [0.2, 0.25) is 0 Å². The number of amides is 1. The zero-order chi connectivity index (χ0) is 15.0. The van der Waals surface area contributed by atoms with Crippen LogP contribution in [0.5, 0.6) is 0 Å². The summed E-state index contributed by atoms with van der Waals surface area (Å²) < 4.78 is 0. The van der Waals surface area contributed by atoms with Gasteiger partial charge < -0.3 is 9.80 Å². The van der Waals surface area contributed by atoms with Crippen molar-refractivity contribution in [2.75, 3.05) is 19.6 Å². The Kier molecular flexibility index (Phi) is 4.28. The molecule has 3 aliphatic rings. The second-order valence-electron chi connectivity index (χ2n) is 7.69. The van der Waals surface area contributed by atoms with E-state index in [-0.39, 0.29) is 11.7 Å². The summed E-state index contributed by atoms with van der Waals surface area (Å²) >= 11 is 0. The summed E-state index contributed by atoms with van der Waals surface area (Å²) in [6.07, 6.45) is 7.29.